The molecular weight excluding hydrogens is 326 g/mol. The molecule has 0 aliphatic heterocycles. The van der Waals surface area contributed by atoms with E-state index in [-0.39, 0.29) is 27.1 Å². The average Bonchev–Trinajstić information content (AvgIpc) is 2.44. The number of nitrogens with one attached hydrogen (secondary N) is 1. The molecular formula is C15H16ClNO4S. The summed E-state index contributed by atoms with van der Waals surface area (Å²) >= 11 is 5.87. The number of hydrogen-bond acceptors (Lipinski definition) is 4. The number of phenolic OH excluding ortho intramolecular Hbond substituents is 1. The van der Waals surface area contributed by atoms with Crippen LogP contribution in [-0.2, 0) is 10.0 Å². The molecule has 2 rings (SSSR count). The number of sulfonamides is 1. The molecule has 2 aromatic rings. The average molecular weight is 342 g/mol. The monoisotopic (exact) mass is 341 g/mol. The molecule has 0 spiro atoms. The standard InChI is InChI=1S/C15H16ClNO4S/c1-9-6-10(2)15(18)12(7-9)17-22(19,20)14-8-11(16)4-5-13(14)21-3/h4-8,17-18H,1-3H3. The molecule has 0 bridgehead atoms. The summed E-state index contributed by atoms with van der Waals surface area (Å²) in [5.74, 6) is 0.0518. The molecule has 2 N–H and O–H groups in total. The van der Waals surface area contributed by atoms with Gasteiger partial charge in [-0.15, -0.1) is 0 Å². The zero-order valence-electron chi connectivity index (χ0n) is 12.3. The minimum absolute atomic E-state index is 0.0962. The quantitative estimate of drug-likeness (QED) is 0.835. The molecule has 0 aromatic heterocycles. The number of hydrogen-bond donors (Lipinski definition) is 2. The Labute approximate surface area is 134 Å². The maximum Gasteiger partial charge on any atom is 0.265 e. The molecule has 0 saturated carbocycles. The third-order valence-corrected chi connectivity index (χ3v) is 4.73. The Morgan fingerprint density at radius 1 is 1.18 bits per heavy atom. The summed E-state index contributed by atoms with van der Waals surface area (Å²) in [4.78, 5) is -0.0962. The van der Waals surface area contributed by atoms with Gasteiger partial charge in [-0.2, -0.15) is 0 Å². The number of phenols is 1. The number of halogens is 1. The third kappa shape index (κ3) is 3.28. The van der Waals surface area contributed by atoms with Crippen molar-refractivity contribution in [3.05, 3.63) is 46.5 Å². The summed E-state index contributed by atoms with van der Waals surface area (Å²) in [6.45, 7) is 3.50. The SMILES string of the molecule is COc1ccc(Cl)cc1S(=O)(=O)Nc1cc(C)cc(C)c1O. The molecule has 0 atom stereocenters. The first-order valence-electron chi connectivity index (χ1n) is 6.41. The van der Waals surface area contributed by atoms with E-state index in [0.29, 0.717) is 5.56 Å². The van der Waals surface area contributed by atoms with E-state index in [1.54, 1.807) is 19.1 Å². The molecule has 0 heterocycles. The maximum atomic E-state index is 12.5. The van der Waals surface area contributed by atoms with E-state index in [9.17, 15) is 13.5 Å². The number of benzene rings is 2. The smallest absolute Gasteiger partial charge is 0.265 e. The van der Waals surface area contributed by atoms with Crippen LogP contribution in [0.1, 0.15) is 11.1 Å². The van der Waals surface area contributed by atoms with Crippen molar-refractivity contribution in [2.24, 2.45) is 0 Å². The van der Waals surface area contributed by atoms with Gasteiger partial charge in [0.25, 0.3) is 10.0 Å². The van der Waals surface area contributed by atoms with Crippen LogP contribution in [0.3, 0.4) is 0 Å². The van der Waals surface area contributed by atoms with E-state index in [1.165, 1.54) is 25.3 Å². The lowest BCUT2D eigenvalue weighted by Gasteiger charge is -2.14. The number of aryl methyl sites for hydroxylation is 2. The Kier molecular flexibility index (Phi) is 4.53. The van der Waals surface area contributed by atoms with Crippen LogP contribution in [0.5, 0.6) is 11.5 Å². The molecule has 0 radical (unpaired) electrons. The third-order valence-electron chi connectivity index (χ3n) is 3.10. The molecule has 0 unspecified atom stereocenters. The van der Waals surface area contributed by atoms with Crippen LogP contribution in [-0.4, -0.2) is 20.6 Å². The Morgan fingerprint density at radius 3 is 2.50 bits per heavy atom. The highest BCUT2D eigenvalue weighted by Gasteiger charge is 2.22. The molecule has 0 saturated heterocycles. The number of anilines is 1. The lowest BCUT2D eigenvalue weighted by Crippen LogP contribution is -2.14. The van der Waals surface area contributed by atoms with Crippen molar-refractivity contribution in [2.75, 3.05) is 11.8 Å². The zero-order valence-corrected chi connectivity index (χ0v) is 13.9. The second-order valence-electron chi connectivity index (χ2n) is 4.88. The van der Waals surface area contributed by atoms with Crippen LogP contribution < -0.4 is 9.46 Å². The van der Waals surface area contributed by atoms with Crippen LogP contribution in [0.2, 0.25) is 5.02 Å². The van der Waals surface area contributed by atoms with Gasteiger partial charge < -0.3 is 9.84 Å². The van der Waals surface area contributed by atoms with Crippen molar-refractivity contribution in [1.29, 1.82) is 0 Å². The second kappa shape index (κ2) is 6.06. The summed E-state index contributed by atoms with van der Waals surface area (Å²) in [5, 5.41) is 10.3. The molecule has 5 nitrogen and oxygen atoms in total. The largest absolute Gasteiger partial charge is 0.505 e. The molecule has 22 heavy (non-hydrogen) atoms. The van der Waals surface area contributed by atoms with Crippen molar-refractivity contribution in [2.45, 2.75) is 18.7 Å². The molecule has 118 valence electrons. The first kappa shape index (κ1) is 16.5. The molecule has 2 aromatic carbocycles. The Bertz CT molecular complexity index is 819. The van der Waals surface area contributed by atoms with Crippen molar-refractivity contribution >= 4 is 27.3 Å². The van der Waals surface area contributed by atoms with Gasteiger partial charge in [0.1, 0.15) is 16.4 Å². The number of aromatic hydroxyl groups is 1. The fourth-order valence-electron chi connectivity index (χ4n) is 2.10. The maximum absolute atomic E-state index is 12.5. The van der Waals surface area contributed by atoms with Gasteiger partial charge in [0.2, 0.25) is 0 Å². The number of rotatable bonds is 4. The fourth-order valence-corrected chi connectivity index (χ4v) is 3.59. The Morgan fingerprint density at radius 2 is 1.86 bits per heavy atom. The molecule has 0 aliphatic carbocycles. The van der Waals surface area contributed by atoms with Gasteiger partial charge in [0, 0.05) is 5.02 Å². The molecule has 0 amide bonds. The summed E-state index contributed by atoms with van der Waals surface area (Å²) in [6, 6.07) is 7.61. The highest BCUT2D eigenvalue weighted by atomic mass is 35.5. The van der Waals surface area contributed by atoms with Crippen LogP contribution in [0.15, 0.2) is 35.2 Å². The highest BCUT2D eigenvalue weighted by molar-refractivity contribution is 7.92. The van der Waals surface area contributed by atoms with Gasteiger partial charge in [0.05, 0.1) is 12.8 Å². The Balaban J connectivity index is 2.51. The van der Waals surface area contributed by atoms with Crippen LogP contribution >= 0.6 is 11.6 Å². The lowest BCUT2D eigenvalue weighted by molar-refractivity contribution is 0.403. The van der Waals surface area contributed by atoms with Crippen molar-refractivity contribution in [1.82, 2.24) is 0 Å². The van der Waals surface area contributed by atoms with Gasteiger partial charge in [-0.25, -0.2) is 8.42 Å². The highest BCUT2D eigenvalue weighted by Crippen LogP contribution is 2.33. The van der Waals surface area contributed by atoms with E-state index < -0.39 is 10.0 Å². The lowest BCUT2D eigenvalue weighted by atomic mass is 10.1. The summed E-state index contributed by atoms with van der Waals surface area (Å²) in [6.07, 6.45) is 0. The first-order chi connectivity index (χ1) is 10.2. The summed E-state index contributed by atoms with van der Waals surface area (Å²) in [7, 11) is -2.58. The predicted octanol–water partition coefficient (Wildman–Crippen LogP) is 3.47. The van der Waals surface area contributed by atoms with Crippen LogP contribution in [0.25, 0.3) is 0 Å². The van der Waals surface area contributed by atoms with Crippen molar-refractivity contribution in [3.8, 4) is 11.5 Å². The van der Waals surface area contributed by atoms with E-state index in [0.717, 1.165) is 5.56 Å². The van der Waals surface area contributed by atoms with Crippen LogP contribution in [0, 0.1) is 13.8 Å². The van der Waals surface area contributed by atoms with Crippen molar-refractivity contribution in [3.63, 3.8) is 0 Å². The normalized spacial score (nSPS) is 11.3. The minimum atomic E-state index is -3.95. The van der Waals surface area contributed by atoms with E-state index in [4.69, 9.17) is 16.3 Å². The summed E-state index contributed by atoms with van der Waals surface area (Å²) < 4.78 is 32.5. The predicted molar refractivity (Wildman–Crippen MR) is 86.4 cm³/mol. The van der Waals surface area contributed by atoms with E-state index in [1.807, 2.05) is 6.92 Å². The van der Waals surface area contributed by atoms with Gasteiger partial charge in [0.15, 0.2) is 0 Å². The van der Waals surface area contributed by atoms with Crippen molar-refractivity contribution < 1.29 is 18.3 Å². The molecule has 7 heteroatoms. The fraction of sp³-hybridized carbons (Fsp3) is 0.200. The number of methoxy groups -OCH3 is 1. The number of ether oxygens (including phenoxy) is 1. The van der Waals surface area contributed by atoms with Gasteiger partial charge in [-0.05, 0) is 49.2 Å². The van der Waals surface area contributed by atoms with E-state index >= 15 is 0 Å². The summed E-state index contributed by atoms with van der Waals surface area (Å²) in [5.41, 5.74) is 1.52. The molecule has 0 fully saturated rings. The molecule has 0 aliphatic rings. The van der Waals surface area contributed by atoms with Gasteiger partial charge in [-0.1, -0.05) is 17.7 Å². The van der Waals surface area contributed by atoms with Gasteiger partial charge >= 0.3 is 0 Å². The van der Waals surface area contributed by atoms with E-state index in [2.05, 4.69) is 4.72 Å². The first-order valence-corrected chi connectivity index (χ1v) is 8.27. The van der Waals surface area contributed by atoms with Gasteiger partial charge in [-0.3, -0.25) is 4.72 Å². The topological polar surface area (TPSA) is 75.6 Å². The minimum Gasteiger partial charge on any atom is -0.505 e. The Hall–Kier alpha value is -1.92. The second-order valence-corrected chi connectivity index (χ2v) is 6.97. The zero-order chi connectivity index (χ0) is 16.5. The van der Waals surface area contributed by atoms with Crippen LogP contribution in [0.4, 0.5) is 5.69 Å².